The van der Waals surface area contributed by atoms with Gasteiger partial charge in [-0.1, -0.05) is 66.2 Å². The molecule has 3 aromatic rings. The molecular formula is C25H20Cl2N4O. The molecule has 5 nitrogen and oxygen atoms in total. The zero-order valence-electron chi connectivity index (χ0n) is 17.2. The van der Waals surface area contributed by atoms with Gasteiger partial charge in [0.2, 0.25) is 0 Å². The average molecular weight is 463 g/mol. The van der Waals surface area contributed by atoms with Crippen molar-refractivity contribution in [3.63, 3.8) is 0 Å². The van der Waals surface area contributed by atoms with Crippen LogP contribution in [-0.4, -0.2) is 17.4 Å². The standard InChI is InChI=1S/C25H20Cl2N4O/c1-15(11-28)13-31-14-19-18(17-9-20(26)24(29)21(27)10-17)7-8-22(23(19)25(31)32)30-12-16-5-3-2-4-6-16/h2-10,30H,1,12-14,29H2. The Morgan fingerprint density at radius 2 is 1.84 bits per heavy atom. The maximum absolute atomic E-state index is 13.3. The molecule has 7 heteroatoms. The lowest BCUT2D eigenvalue weighted by Crippen LogP contribution is -2.26. The van der Waals surface area contributed by atoms with Gasteiger partial charge in [-0.05, 0) is 40.5 Å². The largest absolute Gasteiger partial charge is 0.396 e. The van der Waals surface area contributed by atoms with Crippen LogP contribution >= 0.6 is 23.2 Å². The smallest absolute Gasteiger partial charge is 0.256 e. The molecule has 3 aromatic carbocycles. The molecule has 3 N–H and O–H groups in total. The van der Waals surface area contributed by atoms with Gasteiger partial charge in [-0.2, -0.15) is 5.26 Å². The second kappa shape index (κ2) is 8.96. The number of nitrogens with zero attached hydrogens (tertiary/aromatic N) is 2. The van der Waals surface area contributed by atoms with Crippen LogP contribution in [0.15, 0.2) is 66.7 Å². The molecular weight excluding hydrogens is 443 g/mol. The minimum absolute atomic E-state index is 0.151. The normalized spacial score (nSPS) is 12.4. The highest BCUT2D eigenvalue weighted by molar-refractivity contribution is 6.39. The Labute approximate surface area is 196 Å². The molecule has 160 valence electrons. The van der Waals surface area contributed by atoms with E-state index in [-0.39, 0.29) is 12.5 Å². The number of nitrogens with one attached hydrogen (secondary N) is 1. The number of anilines is 2. The zero-order chi connectivity index (χ0) is 22.8. The van der Waals surface area contributed by atoms with Gasteiger partial charge in [-0.3, -0.25) is 4.79 Å². The number of carbonyl (C=O) groups is 1. The topological polar surface area (TPSA) is 82.2 Å². The maximum Gasteiger partial charge on any atom is 0.256 e. The van der Waals surface area contributed by atoms with Gasteiger partial charge < -0.3 is 16.0 Å². The predicted octanol–water partition coefficient (Wildman–Crippen LogP) is 5.89. The fourth-order valence-electron chi connectivity index (χ4n) is 3.82. The number of hydrogen-bond donors (Lipinski definition) is 2. The molecule has 1 amide bonds. The first kappa shape index (κ1) is 21.8. The highest BCUT2D eigenvalue weighted by Crippen LogP contribution is 2.40. The number of benzene rings is 3. The Hall–Kier alpha value is -3.46. The summed E-state index contributed by atoms with van der Waals surface area (Å²) >= 11 is 12.5. The number of fused-ring (bicyclic) bond motifs is 1. The van der Waals surface area contributed by atoms with Crippen LogP contribution in [0.2, 0.25) is 10.0 Å². The van der Waals surface area contributed by atoms with Gasteiger partial charge in [-0.25, -0.2) is 0 Å². The van der Waals surface area contributed by atoms with Crippen molar-refractivity contribution < 1.29 is 4.79 Å². The Bertz CT molecular complexity index is 1240. The summed E-state index contributed by atoms with van der Waals surface area (Å²) in [4.78, 5) is 14.9. The van der Waals surface area contributed by atoms with Crippen LogP contribution in [0, 0.1) is 11.3 Å². The van der Waals surface area contributed by atoms with Crippen molar-refractivity contribution >= 4 is 40.5 Å². The molecule has 0 unspecified atom stereocenters. The summed E-state index contributed by atoms with van der Waals surface area (Å²) in [6, 6.07) is 19.3. The van der Waals surface area contributed by atoms with Crippen LogP contribution in [0.3, 0.4) is 0 Å². The lowest BCUT2D eigenvalue weighted by Gasteiger charge is -2.14. The Morgan fingerprint density at radius 3 is 2.50 bits per heavy atom. The molecule has 1 aliphatic heterocycles. The maximum atomic E-state index is 13.3. The Morgan fingerprint density at radius 1 is 1.16 bits per heavy atom. The SMILES string of the molecule is C=C(C#N)CN1Cc2c(-c3cc(Cl)c(N)c(Cl)c3)ccc(NCc3ccccc3)c2C1=O. The third kappa shape index (κ3) is 4.16. The fraction of sp³-hybridized carbons (Fsp3) is 0.120. The first-order valence-electron chi connectivity index (χ1n) is 9.94. The summed E-state index contributed by atoms with van der Waals surface area (Å²) in [5.74, 6) is -0.151. The molecule has 0 fully saturated rings. The summed E-state index contributed by atoms with van der Waals surface area (Å²) in [5.41, 5.74) is 11.4. The summed E-state index contributed by atoms with van der Waals surface area (Å²) in [5, 5.41) is 13.2. The van der Waals surface area contributed by atoms with E-state index >= 15 is 0 Å². The molecule has 0 aliphatic carbocycles. The summed E-state index contributed by atoms with van der Waals surface area (Å²) in [6.45, 7) is 4.82. The molecule has 32 heavy (non-hydrogen) atoms. The molecule has 0 bridgehead atoms. The number of nitrogens with two attached hydrogens (primary N) is 1. The first-order chi connectivity index (χ1) is 15.4. The van der Waals surface area contributed by atoms with E-state index in [1.54, 1.807) is 17.0 Å². The van der Waals surface area contributed by atoms with E-state index in [4.69, 9.17) is 34.2 Å². The molecule has 0 saturated heterocycles. The zero-order valence-corrected chi connectivity index (χ0v) is 18.7. The van der Waals surface area contributed by atoms with E-state index in [0.717, 1.165) is 27.9 Å². The third-order valence-electron chi connectivity index (χ3n) is 5.42. The number of amides is 1. The van der Waals surface area contributed by atoms with Crippen LogP contribution in [0.5, 0.6) is 0 Å². The lowest BCUT2D eigenvalue weighted by molar-refractivity contribution is 0.0794. The predicted molar refractivity (Wildman–Crippen MR) is 130 cm³/mol. The van der Waals surface area contributed by atoms with E-state index < -0.39 is 0 Å². The van der Waals surface area contributed by atoms with E-state index in [1.165, 1.54) is 0 Å². The van der Waals surface area contributed by atoms with Crippen molar-refractivity contribution in [1.82, 2.24) is 4.90 Å². The van der Waals surface area contributed by atoms with Crippen molar-refractivity contribution in [2.45, 2.75) is 13.1 Å². The number of nitriles is 1. The molecule has 4 rings (SSSR count). The highest BCUT2D eigenvalue weighted by atomic mass is 35.5. The van der Waals surface area contributed by atoms with Gasteiger partial charge in [0.15, 0.2) is 0 Å². The summed E-state index contributed by atoms with van der Waals surface area (Å²) in [7, 11) is 0. The van der Waals surface area contributed by atoms with Gasteiger partial charge in [0, 0.05) is 24.4 Å². The second-order valence-electron chi connectivity index (χ2n) is 7.58. The van der Waals surface area contributed by atoms with E-state index in [9.17, 15) is 4.79 Å². The van der Waals surface area contributed by atoms with Crippen molar-refractivity contribution in [3.05, 3.63) is 93.5 Å². The molecule has 0 radical (unpaired) electrons. The van der Waals surface area contributed by atoms with E-state index in [2.05, 4.69) is 11.9 Å². The molecule has 0 saturated carbocycles. The monoisotopic (exact) mass is 462 g/mol. The number of halogens is 2. The van der Waals surface area contributed by atoms with Crippen LogP contribution < -0.4 is 11.1 Å². The van der Waals surface area contributed by atoms with Gasteiger partial charge in [0.05, 0.1) is 33.9 Å². The number of carbonyl (C=O) groups excluding carboxylic acids is 1. The average Bonchev–Trinajstić information content (AvgIpc) is 3.12. The van der Waals surface area contributed by atoms with Crippen molar-refractivity contribution in [1.29, 1.82) is 5.26 Å². The van der Waals surface area contributed by atoms with Crippen LogP contribution in [0.25, 0.3) is 11.1 Å². The van der Waals surface area contributed by atoms with Crippen LogP contribution in [0.4, 0.5) is 11.4 Å². The number of nitrogen functional groups attached to an aromatic ring is 1. The number of rotatable bonds is 6. The van der Waals surface area contributed by atoms with Gasteiger partial charge in [-0.15, -0.1) is 0 Å². The first-order valence-corrected chi connectivity index (χ1v) is 10.7. The molecule has 1 heterocycles. The van der Waals surface area contributed by atoms with E-state index in [0.29, 0.717) is 40.0 Å². The van der Waals surface area contributed by atoms with Crippen LogP contribution in [0.1, 0.15) is 21.5 Å². The van der Waals surface area contributed by atoms with Gasteiger partial charge >= 0.3 is 0 Å². The Balaban J connectivity index is 1.77. The molecule has 0 spiro atoms. The lowest BCUT2D eigenvalue weighted by atomic mass is 9.95. The van der Waals surface area contributed by atoms with Crippen molar-refractivity contribution in [3.8, 4) is 17.2 Å². The van der Waals surface area contributed by atoms with E-state index in [1.807, 2.05) is 48.5 Å². The quantitative estimate of drug-likeness (QED) is 0.353. The van der Waals surface area contributed by atoms with Crippen molar-refractivity contribution in [2.75, 3.05) is 17.6 Å². The Kier molecular flexibility index (Phi) is 6.09. The second-order valence-corrected chi connectivity index (χ2v) is 8.40. The molecule has 0 atom stereocenters. The van der Waals surface area contributed by atoms with Gasteiger partial charge in [0.25, 0.3) is 5.91 Å². The van der Waals surface area contributed by atoms with Crippen molar-refractivity contribution in [2.24, 2.45) is 0 Å². The minimum atomic E-state index is -0.151. The minimum Gasteiger partial charge on any atom is -0.396 e. The fourth-order valence-corrected chi connectivity index (χ4v) is 4.31. The third-order valence-corrected chi connectivity index (χ3v) is 6.04. The summed E-state index contributed by atoms with van der Waals surface area (Å²) in [6.07, 6.45) is 0. The van der Waals surface area contributed by atoms with Crippen LogP contribution in [-0.2, 0) is 13.1 Å². The molecule has 0 aromatic heterocycles. The van der Waals surface area contributed by atoms with Gasteiger partial charge in [0.1, 0.15) is 0 Å². The highest BCUT2D eigenvalue weighted by Gasteiger charge is 2.33. The molecule has 1 aliphatic rings. The number of hydrogen-bond acceptors (Lipinski definition) is 4. The summed E-state index contributed by atoms with van der Waals surface area (Å²) < 4.78 is 0.